The van der Waals surface area contributed by atoms with Crippen molar-refractivity contribution in [2.75, 3.05) is 4.90 Å². The van der Waals surface area contributed by atoms with Gasteiger partial charge in [0, 0.05) is 38.5 Å². The molecule has 0 radical (unpaired) electrons. The first-order valence-electron chi connectivity index (χ1n) is 24.1. The number of hydrogen-bond donors (Lipinski definition) is 0. The third-order valence-corrected chi connectivity index (χ3v) is 15.1. The molecular weight excluding hydrogens is 851 g/mol. The fourth-order valence-electron chi connectivity index (χ4n) is 12.2. The molecule has 3 nitrogen and oxygen atoms in total. The quantitative estimate of drug-likeness (QED) is 0.167. The second-order valence-electron chi connectivity index (χ2n) is 18.6. The Morgan fingerprint density at radius 1 is 0.314 bits per heavy atom. The minimum Gasteiger partial charge on any atom is -0.455 e. The van der Waals surface area contributed by atoms with E-state index in [1.54, 1.807) is 0 Å². The second kappa shape index (κ2) is 14.9. The van der Waals surface area contributed by atoms with Gasteiger partial charge in [-0.25, -0.2) is 0 Å². The number of para-hydroxylation sites is 2. The van der Waals surface area contributed by atoms with E-state index in [1.807, 2.05) is 0 Å². The van der Waals surface area contributed by atoms with E-state index in [-0.39, 0.29) is 0 Å². The first-order chi connectivity index (χ1) is 34.7. The lowest BCUT2D eigenvalue weighted by molar-refractivity contribution is 0.667. The number of anilines is 3. The van der Waals surface area contributed by atoms with E-state index in [0.29, 0.717) is 0 Å². The van der Waals surface area contributed by atoms with Crippen molar-refractivity contribution < 1.29 is 8.83 Å². The Morgan fingerprint density at radius 3 is 1.33 bits per heavy atom. The maximum absolute atomic E-state index is 7.27. The molecule has 2 aliphatic rings. The Morgan fingerprint density at radius 2 is 0.757 bits per heavy atom. The predicted octanol–water partition coefficient (Wildman–Crippen LogP) is 18.3. The van der Waals surface area contributed by atoms with Crippen molar-refractivity contribution >= 4 is 60.9 Å². The van der Waals surface area contributed by atoms with E-state index in [2.05, 4.69) is 254 Å². The lowest BCUT2D eigenvalue weighted by Crippen LogP contribution is -2.26. The van der Waals surface area contributed by atoms with Crippen molar-refractivity contribution in [1.29, 1.82) is 0 Å². The minimum absolute atomic E-state index is 0.626. The monoisotopic (exact) mass is 891 g/mol. The van der Waals surface area contributed by atoms with Gasteiger partial charge < -0.3 is 13.7 Å². The van der Waals surface area contributed by atoms with E-state index >= 15 is 0 Å². The van der Waals surface area contributed by atoms with E-state index < -0.39 is 5.41 Å². The highest BCUT2D eigenvalue weighted by Crippen LogP contribution is 2.66. The Bertz CT molecular complexity index is 4090. The highest BCUT2D eigenvalue weighted by molar-refractivity contribution is 6.22. The summed E-state index contributed by atoms with van der Waals surface area (Å²) in [5, 5.41) is 4.29. The van der Waals surface area contributed by atoms with E-state index in [1.165, 1.54) is 55.6 Å². The Labute approximate surface area is 404 Å². The van der Waals surface area contributed by atoms with Crippen LogP contribution in [0.3, 0.4) is 0 Å². The molecule has 0 saturated heterocycles. The van der Waals surface area contributed by atoms with Crippen LogP contribution < -0.4 is 4.90 Å². The van der Waals surface area contributed by atoms with Gasteiger partial charge >= 0.3 is 0 Å². The normalized spacial score (nSPS) is 13.0. The summed E-state index contributed by atoms with van der Waals surface area (Å²) in [6.07, 6.45) is 0. The van der Waals surface area contributed by atoms with Gasteiger partial charge in [-0.15, -0.1) is 0 Å². The standard InChI is InChI=1S/C67H41NO2/c1-3-17-42(18-4-1)44-31-35-46(36-32-44)68(47-37-33-45(34-38-47)43-19-5-2-6-20-43)59-40-39-53(62-52-25-11-16-30-61(52)70-66(59)62)63-64-54(41-55-51-24-10-15-29-60(51)69-65(55)63)50-23-9-14-28-58(50)67(64)56-26-12-7-21-48(56)49-22-8-13-27-57(49)67/h1-41H. The van der Waals surface area contributed by atoms with Gasteiger partial charge in [-0.3, -0.25) is 0 Å². The summed E-state index contributed by atoms with van der Waals surface area (Å²) in [6, 6.07) is 90.1. The average Bonchev–Trinajstić information content (AvgIpc) is 4.18. The molecule has 0 atom stereocenters. The van der Waals surface area contributed by atoms with Crippen molar-refractivity contribution in [1.82, 2.24) is 0 Å². The van der Waals surface area contributed by atoms with Crippen molar-refractivity contribution in [2.45, 2.75) is 5.41 Å². The van der Waals surface area contributed by atoms with Gasteiger partial charge in [-0.05, 0) is 121 Å². The van der Waals surface area contributed by atoms with E-state index in [4.69, 9.17) is 8.83 Å². The van der Waals surface area contributed by atoms with E-state index in [9.17, 15) is 0 Å². The topological polar surface area (TPSA) is 29.5 Å². The largest absolute Gasteiger partial charge is 0.455 e. The Kier molecular flexibility index (Phi) is 8.28. The number of benzene rings is 11. The number of rotatable bonds is 6. The fourth-order valence-corrected chi connectivity index (χ4v) is 12.2. The van der Waals surface area contributed by atoms with Gasteiger partial charge in [0.25, 0.3) is 0 Å². The molecule has 1 spiro atoms. The SMILES string of the molecule is c1ccc(-c2ccc(N(c3ccc(-c4ccccc4)cc3)c3ccc(-c4c5c(cc6c4oc4ccccc46)-c4ccccc4C54c5ccccc5-c5ccccc54)c4c3oc3ccccc34)cc2)cc1. The molecule has 0 fully saturated rings. The molecule has 3 heteroatoms. The maximum atomic E-state index is 7.27. The second-order valence-corrected chi connectivity index (χ2v) is 18.6. The van der Waals surface area contributed by atoms with Gasteiger partial charge in [-0.1, -0.05) is 200 Å². The van der Waals surface area contributed by atoms with Crippen LogP contribution in [-0.2, 0) is 5.41 Å². The Hall–Kier alpha value is -9.18. The highest BCUT2D eigenvalue weighted by Gasteiger charge is 2.53. The summed E-state index contributed by atoms with van der Waals surface area (Å²) in [5.41, 5.74) is 22.6. The van der Waals surface area contributed by atoms with Crippen LogP contribution in [0.25, 0.3) is 99.5 Å². The third-order valence-electron chi connectivity index (χ3n) is 15.1. The van der Waals surface area contributed by atoms with Crippen molar-refractivity contribution in [3.8, 4) is 55.6 Å². The van der Waals surface area contributed by atoms with Crippen molar-refractivity contribution in [3.63, 3.8) is 0 Å². The fraction of sp³-hybridized carbons (Fsp3) is 0.0149. The zero-order valence-corrected chi connectivity index (χ0v) is 37.9. The molecule has 0 saturated carbocycles. The van der Waals surface area contributed by atoms with Crippen LogP contribution in [0.5, 0.6) is 0 Å². The predicted molar refractivity (Wildman–Crippen MR) is 288 cm³/mol. The van der Waals surface area contributed by atoms with Gasteiger partial charge in [0.05, 0.1) is 11.1 Å². The average molecular weight is 892 g/mol. The van der Waals surface area contributed by atoms with Crippen molar-refractivity contribution in [2.24, 2.45) is 0 Å². The lowest BCUT2D eigenvalue weighted by Gasteiger charge is -2.32. The van der Waals surface area contributed by atoms with Crippen LogP contribution in [-0.4, -0.2) is 0 Å². The number of nitrogens with zero attached hydrogens (tertiary/aromatic N) is 1. The molecule has 326 valence electrons. The summed E-state index contributed by atoms with van der Waals surface area (Å²) in [4.78, 5) is 2.35. The molecule has 0 N–H and O–H groups in total. The maximum Gasteiger partial charge on any atom is 0.160 e. The smallest absolute Gasteiger partial charge is 0.160 e. The lowest BCUT2D eigenvalue weighted by atomic mass is 9.68. The molecular formula is C67H41NO2. The number of furan rings is 2. The zero-order valence-electron chi connectivity index (χ0n) is 37.9. The van der Waals surface area contributed by atoms with Gasteiger partial charge in [0.15, 0.2) is 5.58 Å². The highest BCUT2D eigenvalue weighted by atomic mass is 16.3. The molecule has 70 heavy (non-hydrogen) atoms. The molecule has 11 aromatic carbocycles. The molecule has 2 aliphatic carbocycles. The summed E-state index contributed by atoms with van der Waals surface area (Å²) in [7, 11) is 0. The number of hydrogen-bond acceptors (Lipinski definition) is 3. The molecule has 2 heterocycles. The summed E-state index contributed by atoms with van der Waals surface area (Å²) in [5.74, 6) is 0. The first-order valence-corrected chi connectivity index (χ1v) is 24.1. The van der Waals surface area contributed by atoms with Gasteiger partial charge in [0.1, 0.15) is 16.7 Å². The molecule has 0 unspecified atom stereocenters. The molecule has 15 rings (SSSR count). The summed E-state index contributed by atoms with van der Waals surface area (Å²) < 4.78 is 14.5. The van der Waals surface area contributed by atoms with Crippen LogP contribution in [0.4, 0.5) is 17.1 Å². The summed E-state index contributed by atoms with van der Waals surface area (Å²) >= 11 is 0. The van der Waals surface area contributed by atoms with E-state index in [0.717, 1.165) is 83.2 Å². The molecule has 13 aromatic rings. The van der Waals surface area contributed by atoms with Gasteiger partial charge in [-0.2, -0.15) is 0 Å². The summed E-state index contributed by atoms with van der Waals surface area (Å²) in [6.45, 7) is 0. The third kappa shape index (κ3) is 5.40. The molecule has 0 amide bonds. The van der Waals surface area contributed by atoms with Crippen LogP contribution in [0.2, 0.25) is 0 Å². The molecule has 0 aliphatic heterocycles. The Balaban J connectivity index is 1.05. The molecule has 2 aromatic heterocycles. The van der Waals surface area contributed by atoms with Crippen LogP contribution in [0, 0.1) is 0 Å². The minimum atomic E-state index is -0.626. The van der Waals surface area contributed by atoms with Gasteiger partial charge in [0.2, 0.25) is 0 Å². The van der Waals surface area contributed by atoms with Crippen molar-refractivity contribution in [3.05, 3.63) is 271 Å². The molecule has 0 bridgehead atoms. The first kappa shape index (κ1) is 38.9. The zero-order chi connectivity index (χ0) is 45.9. The van der Waals surface area contributed by atoms with Crippen LogP contribution in [0.1, 0.15) is 22.3 Å². The van der Waals surface area contributed by atoms with Crippen LogP contribution >= 0.6 is 0 Å². The number of fused-ring (bicyclic) bond motifs is 16. The van der Waals surface area contributed by atoms with Crippen LogP contribution in [0.15, 0.2) is 258 Å².